The molecule has 0 saturated carbocycles. The number of aromatic nitrogens is 1. The Hall–Kier alpha value is -3.45. The first kappa shape index (κ1) is 22.3. The molecule has 3 aromatic rings. The fourth-order valence-corrected chi connectivity index (χ4v) is 5.24. The first-order valence-electron chi connectivity index (χ1n) is 11.9. The summed E-state index contributed by atoms with van der Waals surface area (Å²) in [4.78, 5) is 36.0. The van der Waals surface area contributed by atoms with Crippen molar-refractivity contribution in [2.24, 2.45) is 0 Å². The van der Waals surface area contributed by atoms with Crippen LogP contribution in [0.25, 0.3) is 11.3 Å². The molecule has 0 radical (unpaired) electrons. The highest BCUT2D eigenvalue weighted by molar-refractivity contribution is 6.07. The van der Waals surface area contributed by atoms with E-state index in [2.05, 4.69) is 22.0 Å². The molecule has 2 aromatic heterocycles. The number of imide groups is 1. The molecule has 34 heavy (non-hydrogen) atoms. The van der Waals surface area contributed by atoms with Crippen LogP contribution in [-0.4, -0.2) is 63.8 Å². The van der Waals surface area contributed by atoms with Gasteiger partial charge in [-0.1, -0.05) is 24.3 Å². The zero-order chi connectivity index (χ0) is 23.5. The Bertz CT molecular complexity index is 1140. The number of hydrogen-bond donors (Lipinski definition) is 0. The minimum Gasteiger partial charge on any atom is -0.464 e. The van der Waals surface area contributed by atoms with Crippen LogP contribution in [0.15, 0.2) is 71.6 Å². The van der Waals surface area contributed by atoms with Crippen LogP contribution in [0.5, 0.6) is 0 Å². The molecule has 2 aliphatic rings. The molecule has 2 fully saturated rings. The number of nitrogens with zero attached hydrogens (tertiary/aromatic N) is 4. The van der Waals surface area contributed by atoms with Gasteiger partial charge >= 0.3 is 6.03 Å². The number of hydrogen-bond acceptors (Lipinski definition) is 5. The lowest BCUT2D eigenvalue weighted by Gasteiger charge is -2.41. The molecule has 0 unspecified atom stereocenters. The smallest absolute Gasteiger partial charge is 0.327 e. The lowest BCUT2D eigenvalue weighted by Crippen LogP contribution is -2.55. The van der Waals surface area contributed by atoms with Crippen molar-refractivity contribution < 1.29 is 14.0 Å². The summed E-state index contributed by atoms with van der Waals surface area (Å²) in [5.74, 6) is 0.827. The summed E-state index contributed by atoms with van der Waals surface area (Å²) in [5.41, 5.74) is 2.75. The number of carbonyl (C=O) groups excluding carboxylic acids is 2. The Balaban J connectivity index is 1.22. The van der Waals surface area contributed by atoms with Gasteiger partial charge in [0.2, 0.25) is 0 Å². The summed E-state index contributed by atoms with van der Waals surface area (Å²) in [5, 5.41) is 0. The maximum absolute atomic E-state index is 13.4. The molecule has 1 spiro atoms. The van der Waals surface area contributed by atoms with Gasteiger partial charge in [-0.15, -0.1) is 0 Å². The van der Waals surface area contributed by atoms with Crippen molar-refractivity contribution in [2.45, 2.75) is 37.8 Å². The topological polar surface area (TPSA) is 69.9 Å². The fraction of sp³-hybridized carbons (Fsp3) is 0.370. The van der Waals surface area contributed by atoms with Crippen molar-refractivity contribution in [1.29, 1.82) is 0 Å². The Labute approximate surface area is 200 Å². The molecule has 1 aromatic carbocycles. The van der Waals surface area contributed by atoms with Crippen molar-refractivity contribution >= 4 is 11.9 Å². The molecule has 0 atom stereocenters. The number of aryl methyl sites for hydroxylation is 1. The highest BCUT2D eigenvalue weighted by atomic mass is 16.3. The Morgan fingerprint density at radius 2 is 1.76 bits per heavy atom. The number of carbonyl (C=O) groups is 2. The third-order valence-electron chi connectivity index (χ3n) is 7.28. The summed E-state index contributed by atoms with van der Waals surface area (Å²) >= 11 is 0. The van der Waals surface area contributed by atoms with Crippen LogP contribution in [0, 0.1) is 0 Å². The number of likely N-dealkylation sites (tertiary alicyclic amines) is 1. The average Bonchev–Trinajstić information content (AvgIpc) is 3.46. The number of likely N-dealkylation sites (N-methyl/N-ethyl adjacent to an activating group) is 1. The highest BCUT2D eigenvalue weighted by Gasteiger charge is 2.56. The zero-order valence-corrected chi connectivity index (χ0v) is 19.5. The molecule has 4 heterocycles. The number of benzene rings is 1. The van der Waals surface area contributed by atoms with Gasteiger partial charge < -0.3 is 9.32 Å². The third-order valence-corrected chi connectivity index (χ3v) is 7.28. The quantitative estimate of drug-likeness (QED) is 0.496. The highest BCUT2D eigenvalue weighted by Crippen LogP contribution is 2.37. The van der Waals surface area contributed by atoms with E-state index >= 15 is 0 Å². The van der Waals surface area contributed by atoms with Crippen molar-refractivity contribution in [3.63, 3.8) is 0 Å². The van der Waals surface area contributed by atoms with E-state index in [9.17, 15) is 9.59 Å². The van der Waals surface area contributed by atoms with Gasteiger partial charge in [0.05, 0.1) is 6.26 Å². The third kappa shape index (κ3) is 4.12. The average molecular weight is 459 g/mol. The van der Waals surface area contributed by atoms with Crippen molar-refractivity contribution in [3.8, 4) is 11.3 Å². The molecule has 7 heteroatoms. The SMILES string of the molecule is CN1C(=O)N(CCCc2ccncc2)C(=O)C12CCN(Cc1ccccc1-c1ccco1)CC2. The molecular weight excluding hydrogens is 428 g/mol. The molecule has 3 amide bonds. The summed E-state index contributed by atoms with van der Waals surface area (Å²) in [6.45, 7) is 2.77. The van der Waals surface area contributed by atoms with Crippen LogP contribution in [0.1, 0.15) is 30.4 Å². The second kappa shape index (κ2) is 9.43. The first-order valence-corrected chi connectivity index (χ1v) is 11.9. The standard InChI is InChI=1S/C27H30N4O3/c1-29-26(33)31(16-4-6-21-10-14-28-15-11-21)25(32)27(29)12-17-30(18-13-27)20-22-7-2-3-8-23(22)24-9-5-19-34-24/h2-3,5,7-11,14-15,19H,4,6,12-13,16-18,20H2,1H3. The van der Waals surface area contributed by atoms with Gasteiger partial charge in [0.25, 0.3) is 5.91 Å². The Morgan fingerprint density at radius 3 is 2.50 bits per heavy atom. The normalized spacial score (nSPS) is 18.3. The zero-order valence-electron chi connectivity index (χ0n) is 19.5. The van der Waals surface area contributed by atoms with Crippen molar-refractivity contribution in [1.82, 2.24) is 19.7 Å². The predicted octanol–water partition coefficient (Wildman–Crippen LogP) is 4.20. The molecule has 0 N–H and O–H groups in total. The van der Waals surface area contributed by atoms with Crippen LogP contribution in [0.2, 0.25) is 0 Å². The van der Waals surface area contributed by atoms with E-state index in [0.717, 1.165) is 43.8 Å². The van der Waals surface area contributed by atoms with E-state index in [0.29, 0.717) is 19.4 Å². The van der Waals surface area contributed by atoms with Crippen LogP contribution in [0.4, 0.5) is 4.79 Å². The first-order chi connectivity index (χ1) is 16.6. The second-order valence-corrected chi connectivity index (χ2v) is 9.20. The van der Waals surface area contributed by atoms with Crippen LogP contribution in [0.3, 0.4) is 0 Å². The van der Waals surface area contributed by atoms with Crippen LogP contribution < -0.4 is 0 Å². The fourth-order valence-electron chi connectivity index (χ4n) is 5.24. The predicted molar refractivity (Wildman–Crippen MR) is 129 cm³/mol. The number of urea groups is 1. The second-order valence-electron chi connectivity index (χ2n) is 9.20. The molecule has 2 saturated heterocycles. The van der Waals surface area contributed by atoms with Crippen LogP contribution in [-0.2, 0) is 17.8 Å². The monoisotopic (exact) mass is 458 g/mol. The summed E-state index contributed by atoms with van der Waals surface area (Å²) < 4.78 is 5.62. The van der Waals surface area contributed by atoms with Gasteiger partial charge in [-0.3, -0.25) is 19.6 Å². The van der Waals surface area contributed by atoms with Gasteiger partial charge in [-0.2, -0.15) is 0 Å². The summed E-state index contributed by atoms with van der Waals surface area (Å²) in [6.07, 6.45) is 8.10. The van der Waals surface area contributed by atoms with Crippen molar-refractivity contribution in [2.75, 3.05) is 26.7 Å². The maximum atomic E-state index is 13.4. The van der Waals surface area contributed by atoms with E-state index in [1.807, 2.05) is 36.4 Å². The maximum Gasteiger partial charge on any atom is 0.327 e. The molecular formula is C27H30N4O3. The Kier molecular flexibility index (Phi) is 6.20. The molecule has 0 aliphatic carbocycles. The van der Waals surface area contributed by atoms with E-state index < -0.39 is 5.54 Å². The number of amides is 3. The summed E-state index contributed by atoms with van der Waals surface area (Å²) in [7, 11) is 1.78. The van der Waals surface area contributed by atoms with Gasteiger partial charge in [-0.05, 0) is 61.1 Å². The number of rotatable bonds is 7. The van der Waals surface area contributed by atoms with E-state index in [-0.39, 0.29) is 11.9 Å². The van der Waals surface area contributed by atoms with Gasteiger partial charge in [-0.25, -0.2) is 4.79 Å². The largest absolute Gasteiger partial charge is 0.464 e. The van der Waals surface area contributed by atoms with Gasteiger partial charge in [0.15, 0.2) is 0 Å². The van der Waals surface area contributed by atoms with Crippen molar-refractivity contribution in [3.05, 3.63) is 78.3 Å². The minimum atomic E-state index is -0.717. The van der Waals surface area contributed by atoms with Crippen LogP contribution >= 0.6 is 0 Å². The van der Waals surface area contributed by atoms with Gasteiger partial charge in [0.1, 0.15) is 11.3 Å². The van der Waals surface area contributed by atoms with E-state index in [1.165, 1.54) is 16.0 Å². The molecule has 176 valence electrons. The van der Waals surface area contributed by atoms with E-state index in [1.54, 1.807) is 30.6 Å². The summed E-state index contributed by atoms with van der Waals surface area (Å²) in [6, 6.07) is 15.9. The lowest BCUT2D eigenvalue weighted by molar-refractivity contribution is -0.135. The molecule has 2 aliphatic heterocycles. The van der Waals surface area contributed by atoms with E-state index in [4.69, 9.17) is 4.42 Å². The Morgan fingerprint density at radius 1 is 1.00 bits per heavy atom. The molecule has 5 rings (SSSR count). The molecule has 7 nitrogen and oxygen atoms in total. The minimum absolute atomic E-state index is 0.0367. The van der Waals surface area contributed by atoms with Gasteiger partial charge in [0, 0.05) is 51.2 Å². The number of pyridine rings is 1. The molecule has 0 bridgehead atoms. The lowest BCUT2D eigenvalue weighted by atomic mass is 9.86. The number of furan rings is 1. The number of piperidine rings is 1.